The van der Waals surface area contributed by atoms with Crippen LogP contribution in [0.15, 0.2) is 23.4 Å². The van der Waals surface area contributed by atoms with Gasteiger partial charge in [-0.2, -0.15) is 0 Å². The van der Waals surface area contributed by atoms with Crippen molar-refractivity contribution in [3.63, 3.8) is 0 Å². The predicted octanol–water partition coefficient (Wildman–Crippen LogP) is 2.40. The van der Waals surface area contributed by atoms with Gasteiger partial charge in [0.1, 0.15) is 0 Å². The minimum atomic E-state index is 0.380. The first kappa shape index (κ1) is 11.1. The topological polar surface area (TPSA) is 41.8 Å². The van der Waals surface area contributed by atoms with Crippen LogP contribution >= 0.6 is 0 Å². The summed E-state index contributed by atoms with van der Waals surface area (Å²) < 4.78 is 5.12. The lowest BCUT2D eigenvalue weighted by atomic mass is 9.84. The van der Waals surface area contributed by atoms with E-state index in [9.17, 15) is 0 Å². The lowest BCUT2D eigenvalue weighted by molar-refractivity contribution is 0.185. The minimum Gasteiger partial charge on any atom is -0.411 e. The normalized spacial score (nSPS) is 19.9. The van der Waals surface area contributed by atoms with Crippen LogP contribution in [0.5, 0.6) is 0 Å². The van der Waals surface area contributed by atoms with Gasteiger partial charge in [0.25, 0.3) is 0 Å². The fourth-order valence-corrected chi connectivity index (χ4v) is 2.31. The Morgan fingerprint density at radius 3 is 3.12 bits per heavy atom. The Hall–Kier alpha value is -1.35. The van der Waals surface area contributed by atoms with Crippen molar-refractivity contribution in [1.82, 2.24) is 0 Å². The molecule has 86 valence electrons. The molecule has 3 nitrogen and oxygen atoms in total. The molecule has 1 aromatic carbocycles. The van der Waals surface area contributed by atoms with Gasteiger partial charge in [0.05, 0.1) is 6.61 Å². The van der Waals surface area contributed by atoms with Crippen LogP contribution in [-0.2, 0) is 24.2 Å². The highest BCUT2D eigenvalue weighted by molar-refractivity contribution is 5.61. The fraction of sp³-hybridized carbons (Fsp3) is 0.462. The molecule has 0 saturated carbocycles. The van der Waals surface area contributed by atoms with E-state index in [0.29, 0.717) is 12.5 Å². The average Bonchev–Trinajstić information content (AvgIpc) is 2.30. The Morgan fingerprint density at radius 2 is 2.38 bits per heavy atom. The zero-order valence-electron chi connectivity index (χ0n) is 9.52. The smallest absolute Gasteiger partial charge is 0.0713 e. The molecule has 0 radical (unpaired) electrons. The maximum atomic E-state index is 8.53. The van der Waals surface area contributed by atoms with Crippen molar-refractivity contribution in [2.75, 3.05) is 7.11 Å². The number of rotatable bonds is 3. The second-order valence-corrected chi connectivity index (χ2v) is 4.30. The van der Waals surface area contributed by atoms with E-state index in [1.165, 1.54) is 16.7 Å². The molecule has 0 amide bonds. The summed E-state index contributed by atoms with van der Waals surface area (Å²) in [4.78, 5) is 0. The van der Waals surface area contributed by atoms with Gasteiger partial charge in [-0.1, -0.05) is 18.2 Å². The number of fused-ring (bicyclic) bond motifs is 1. The molecule has 0 saturated heterocycles. The van der Waals surface area contributed by atoms with Crippen molar-refractivity contribution < 1.29 is 9.94 Å². The molecule has 1 aliphatic carbocycles. The maximum Gasteiger partial charge on any atom is 0.0713 e. The molecule has 1 aromatic rings. The second kappa shape index (κ2) is 5.12. The van der Waals surface area contributed by atoms with Gasteiger partial charge in [0.15, 0.2) is 0 Å². The molecule has 1 aliphatic rings. The van der Waals surface area contributed by atoms with E-state index < -0.39 is 0 Å². The third kappa shape index (κ3) is 2.42. The van der Waals surface area contributed by atoms with Crippen LogP contribution in [0, 0.1) is 5.92 Å². The van der Waals surface area contributed by atoms with Crippen LogP contribution in [-0.4, -0.2) is 18.5 Å². The summed E-state index contributed by atoms with van der Waals surface area (Å²) in [5.74, 6) is 0.380. The van der Waals surface area contributed by atoms with Gasteiger partial charge >= 0.3 is 0 Å². The summed E-state index contributed by atoms with van der Waals surface area (Å²) >= 11 is 0. The molecule has 0 bridgehead atoms. The van der Waals surface area contributed by atoms with Crippen LogP contribution in [0.3, 0.4) is 0 Å². The fourth-order valence-electron chi connectivity index (χ4n) is 2.31. The molecular formula is C13H17NO2. The van der Waals surface area contributed by atoms with Gasteiger partial charge in [0.2, 0.25) is 0 Å². The van der Waals surface area contributed by atoms with Crippen LogP contribution in [0.1, 0.15) is 23.1 Å². The van der Waals surface area contributed by atoms with Crippen LogP contribution < -0.4 is 0 Å². The van der Waals surface area contributed by atoms with E-state index in [0.717, 1.165) is 19.3 Å². The summed E-state index contributed by atoms with van der Waals surface area (Å²) in [5, 5.41) is 11.7. The molecule has 3 heteroatoms. The van der Waals surface area contributed by atoms with Crippen molar-refractivity contribution in [2.45, 2.75) is 25.9 Å². The van der Waals surface area contributed by atoms with E-state index in [1.807, 2.05) is 0 Å². The van der Waals surface area contributed by atoms with Gasteiger partial charge < -0.3 is 9.94 Å². The number of aryl methyl sites for hydroxylation is 1. The Bertz CT molecular complexity index is 388. The first-order chi connectivity index (χ1) is 7.83. The zero-order chi connectivity index (χ0) is 11.4. The van der Waals surface area contributed by atoms with Gasteiger partial charge in [-0.15, -0.1) is 5.16 Å². The summed E-state index contributed by atoms with van der Waals surface area (Å²) in [7, 11) is 1.72. The van der Waals surface area contributed by atoms with Crippen molar-refractivity contribution >= 4 is 6.21 Å². The number of benzene rings is 1. The molecule has 2 rings (SSSR count). The number of methoxy groups -OCH3 is 1. The summed E-state index contributed by atoms with van der Waals surface area (Å²) in [6.07, 6.45) is 4.75. The van der Waals surface area contributed by atoms with Gasteiger partial charge in [-0.05, 0) is 36.0 Å². The zero-order valence-corrected chi connectivity index (χ0v) is 9.52. The first-order valence-electron chi connectivity index (χ1n) is 5.60. The van der Waals surface area contributed by atoms with Gasteiger partial charge in [-0.25, -0.2) is 0 Å². The van der Waals surface area contributed by atoms with E-state index in [-0.39, 0.29) is 0 Å². The van der Waals surface area contributed by atoms with Gasteiger partial charge in [-0.3, -0.25) is 0 Å². The Balaban J connectivity index is 2.15. The quantitative estimate of drug-likeness (QED) is 0.482. The minimum absolute atomic E-state index is 0.380. The number of hydrogen-bond acceptors (Lipinski definition) is 3. The lowest BCUT2D eigenvalue weighted by Crippen LogP contribution is -2.15. The van der Waals surface area contributed by atoms with Crippen molar-refractivity contribution in [3.05, 3.63) is 34.9 Å². The number of hydrogen-bond donors (Lipinski definition) is 1. The predicted molar refractivity (Wildman–Crippen MR) is 62.9 cm³/mol. The van der Waals surface area contributed by atoms with E-state index >= 15 is 0 Å². The average molecular weight is 219 g/mol. The standard InChI is InChI=1S/C13H17NO2/c1-16-9-11-3-5-12-6-10(8-14-15)2-4-13(12)7-11/h3,5,7-8,10,15H,2,4,6,9H2,1H3/b14-8-/t10-/m1/s1. The molecule has 0 aromatic heterocycles. The summed E-state index contributed by atoms with van der Waals surface area (Å²) in [6.45, 7) is 0.675. The van der Waals surface area contributed by atoms with Crippen molar-refractivity contribution in [1.29, 1.82) is 0 Å². The third-order valence-corrected chi connectivity index (χ3v) is 3.13. The van der Waals surface area contributed by atoms with Gasteiger partial charge in [0, 0.05) is 19.2 Å². The molecule has 1 N–H and O–H groups in total. The Morgan fingerprint density at radius 1 is 1.50 bits per heavy atom. The molecule has 1 atom stereocenters. The largest absolute Gasteiger partial charge is 0.411 e. The highest BCUT2D eigenvalue weighted by Gasteiger charge is 2.17. The SMILES string of the molecule is COCc1ccc2c(c1)CC[C@@H](/C=N\O)C2. The lowest BCUT2D eigenvalue weighted by Gasteiger charge is -2.21. The van der Waals surface area contributed by atoms with E-state index in [4.69, 9.17) is 9.94 Å². The van der Waals surface area contributed by atoms with Crippen LogP contribution in [0.4, 0.5) is 0 Å². The van der Waals surface area contributed by atoms with E-state index in [1.54, 1.807) is 13.3 Å². The molecule has 0 unspecified atom stereocenters. The highest BCUT2D eigenvalue weighted by atomic mass is 16.5. The molecule has 0 fully saturated rings. The van der Waals surface area contributed by atoms with Crippen LogP contribution in [0.25, 0.3) is 0 Å². The highest BCUT2D eigenvalue weighted by Crippen LogP contribution is 2.25. The monoisotopic (exact) mass is 219 g/mol. The molecule has 0 heterocycles. The Labute approximate surface area is 95.7 Å². The van der Waals surface area contributed by atoms with Crippen molar-refractivity contribution in [2.24, 2.45) is 11.1 Å². The molecule has 16 heavy (non-hydrogen) atoms. The second-order valence-electron chi connectivity index (χ2n) is 4.30. The third-order valence-electron chi connectivity index (χ3n) is 3.13. The molecule has 0 aliphatic heterocycles. The van der Waals surface area contributed by atoms with Crippen molar-refractivity contribution in [3.8, 4) is 0 Å². The summed E-state index contributed by atoms with van der Waals surface area (Å²) in [6, 6.07) is 6.51. The number of nitrogens with zero attached hydrogens (tertiary/aromatic N) is 1. The van der Waals surface area contributed by atoms with Crippen LogP contribution in [0.2, 0.25) is 0 Å². The first-order valence-corrected chi connectivity index (χ1v) is 5.60. The number of ether oxygens (including phenoxy) is 1. The van der Waals surface area contributed by atoms with E-state index in [2.05, 4.69) is 23.4 Å². The summed E-state index contributed by atoms with van der Waals surface area (Å²) in [5.41, 5.74) is 4.02. The maximum absolute atomic E-state index is 8.53. The molecule has 0 spiro atoms. The number of oxime groups is 1. The Kier molecular flexibility index (Phi) is 3.57. The molecular weight excluding hydrogens is 202 g/mol.